The lowest BCUT2D eigenvalue weighted by atomic mass is 9.93. The Morgan fingerprint density at radius 1 is 0.882 bits per heavy atom. The maximum absolute atomic E-state index is 9.92. The molecule has 0 fully saturated rings. The van der Waals surface area contributed by atoms with Crippen molar-refractivity contribution >= 4 is 10.8 Å². The number of aryl methyl sites for hydroxylation is 1. The zero-order valence-corrected chi connectivity index (χ0v) is 10.2. The molecule has 90 valence electrons. The van der Waals surface area contributed by atoms with Gasteiger partial charge in [-0.15, -0.1) is 0 Å². The van der Waals surface area contributed by atoms with Crippen molar-refractivity contribution in [3.8, 4) is 17.2 Å². The van der Waals surface area contributed by atoms with Crippen LogP contribution in [0.1, 0.15) is 30.9 Å². The van der Waals surface area contributed by atoms with Gasteiger partial charge in [0.05, 0.1) is 0 Å². The normalized spacial score (nSPS) is 11.3. The molecule has 0 aliphatic rings. The Labute approximate surface area is 100.0 Å². The standard InChI is InChI=1S/C14H16O3/c1-7(2)13-10-4-8(3)5-11(15)9(10)6-12(16)14(13)17/h4-7,15-17H,1-3H3. The van der Waals surface area contributed by atoms with Crippen molar-refractivity contribution in [1.29, 1.82) is 0 Å². The van der Waals surface area contributed by atoms with Gasteiger partial charge in [-0.05, 0) is 35.9 Å². The summed E-state index contributed by atoms with van der Waals surface area (Å²) in [7, 11) is 0. The van der Waals surface area contributed by atoms with Crippen LogP contribution >= 0.6 is 0 Å². The minimum Gasteiger partial charge on any atom is -0.507 e. The van der Waals surface area contributed by atoms with E-state index in [1.54, 1.807) is 6.07 Å². The predicted octanol–water partition coefficient (Wildman–Crippen LogP) is 3.39. The van der Waals surface area contributed by atoms with Crippen LogP contribution in [0, 0.1) is 6.92 Å². The van der Waals surface area contributed by atoms with E-state index in [1.807, 2.05) is 26.8 Å². The monoisotopic (exact) mass is 232 g/mol. The van der Waals surface area contributed by atoms with Gasteiger partial charge in [0.15, 0.2) is 11.5 Å². The lowest BCUT2D eigenvalue weighted by molar-refractivity contribution is 0.398. The summed E-state index contributed by atoms with van der Waals surface area (Å²) < 4.78 is 0. The number of hydrogen-bond acceptors (Lipinski definition) is 3. The Balaban J connectivity index is 2.98. The molecule has 0 aliphatic heterocycles. The molecule has 0 saturated heterocycles. The number of aromatic hydroxyl groups is 3. The van der Waals surface area contributed by atoms with Crippen LogP contribution in [0.2, 0.25) is 0 Å². The number of rotatable bonds is 1. The summed E-state index contributed by atoms with van der Waals surface area (Å²) in [6.45, 7) is 5.76. The van der Waals surface area contributed by atoms with Crippen LogP contribution in [-0.2, 0) is 0 Å². The van der Waals surface area contributed by atoms with E-state index in [0.29, 0.717) is 10.9 Å². The van der Waals surface area contributed by atoms with Crippen LogP contribution in [0.4, 0.5) is 0 Å². The summed E-state index contributed by atoms with van der Waals surface area (Å²) in [5.41, 5.74) is 1.58. The third kappa shape index (κ3) is 1.78. The van der Waals surface area contributed by atoms with Gasteiger partial charge in [0.25, 0.3) is 0 Å². The molecule has 0 spiro atoms. The van der Waals surface area contributed by atoms with Gasteiger partial charge in [-0.2, -0.15) is 0 Å². The highest BCUT2D eigenvalue weighted by atomic mass is 16.3. The van der Waals surface area contributed by atoms with E-state index in [4.69, 9.17) is 0 Å². The number of phenolic OH excluding ortho intramolecular Hbond substituents is 3. The molecule has 0 amide bonds. The molecule has 17 heavy (non-hydrogen) atoms. The Morgan fingerprint density at radius 2 is 1.53 bits per heavy atom. The fourth-order valence-electron chi connectivity index (χ4n) is 2.21. The maximum Gasteiger partial charge on any atom is 0.161 e. The van der Waals surface area contributed by atoms with Gasteiger partial charge in [-0.1, -0.05) is 19.9 Å². The third-order valence-electron chi connectivity index (χ3n) is 2.95. The molecule has 0 unspecified atom stereocenters. The zero-order chi connectivity index (χ0) is 12.7. The second-order valence-corrected chi connectivity index (χ2v) is 4.69. The van der Waals surface area contributed by atoms with Crippen molar-refractivity contribution in [3.05, 3.63) is 29.3 Å². The molecule has 0 saturated carbocycles. The molecule has 0 aromatic heterocycles. The van der Waals surface area contributed by atoms with E-state index in [2.05, 4.69) is 0 Å². The van der Waals surface area contributed by atoms with Gasteiger partial charge in [-0.3, -0.25) is 0 Å². The number of fused-ring (bicyclic) bond motifs is 1. The Kier molecular flexibility index (Phi) is 2.62. The highest BCUT2D eigenvalue weighted by Gasteiger charge is 2.17. The van der Waals surface area contributed by atoms with Gasteiger partial charge < -0.3 is 15.3 Å². The maximum atomic E-state index is 9.92. The first-order chi connectivity index (χ1) is 7.91. The average Bonchev–Trinajstić information content (AvgIpc) is 2.20. The van der Waals surface area contributed by atoms with Gasteiger partial charge in [0.2, 0.25) is 0 Å². The summed E-state index contributed by atoms with van der Waals surface area (Å²) in [5.74, 6) is -0.110. The Hall–Kier alpha value is -1.90. The van der Waals surface area contributed by atoms with Crippen molar-refractivity contribution in [2.24, 2.45) is 0 Å². The summed E-state index contributed by atoms with van der Waals surface area (Å²) >= 11 is 0. The molecular weight excluding hydrogens is 216 g/mol. The number of phenols is 3. The van der Waals surface area contributed by atoms with Crippen molar-refractivity contribution in [2.45, 2.75) is 26.7 Å². The van der Waals surface area contributed by atoms with E-state index in [-0.39, 0.29) is 23.2 Å². The summed E-state index contributed by atoms with van der Waals surface area (Å²) in [4.78, 5) is 0. The SMILES string of the molecule is Cc1cc(O)c2cc(O)c(O)c(C(C)C)c2c1. The van der Waals surface area contributed by atoms with E-state index in [0.717, 1.165) is 10.9 Å². The van der Waals surface area contributed by atoms with Crippen molar-refractivity contribution in [3.63, 3.8) is 0 Å². The molecule has 0 aliphatic carbocycles. The molecule has 3 N–H and O–H groups in total. The van der Waals surface area contributed by atoms with Crippen LogP contribution in [0.3, 0.4) is 0 Å². The molecule has 2 rings (SSSR count). The minimum absolute atomic E-state index is 0.0609. The largest absolute Gasteiger partial charge is 0.507 e. The summed E-state index contributed by atoms with van der Waals surface area (Å²) in [5, 5.41) is 30.8. The van der Waals surface area contributed by atoms with Crippen LogP contribution < -0.4 is 0 Å². The molecule has 2 aromatic carbocycles. The Bertz CT molecular complexity index is 586. The third-order valence-corrected chi connectivity index (χ3v) is 2.95. The van der Waals surface area contributed by atoms with E-state index in [9.17, 15) is 15.3 Å². The van der Waals surface area contributed by atoms with E-state index >= 15 is 0 Å². The highest BCUT2D eigenvalue weighted by Crippen LogP contribution is 2.42. The molecule has 0 bridgehead atoms. The molecule has 0 radical (unpaired) electrons. The first kappa shape index (κ1) is 11.6. The number of benzene rings is 2. The highest BCUT2D eigenvalue weighted by molar-refractivity contribution is 5.95. The van der Waals surface area contributed by atoms with E-state index < -0.39 is 0 Å². The van der Waals surface area contributed by atoms with Crippen molar-refractivity contribution in [1.82, 2.24) is 0 Å². The summed E-state index contributed by atoms with van der Waals surface area (Å²) in [6.07, 6.45) is 0. The van der Waals surface area contributed by atoms with Gasteiger partial charge in [0.1, 0.15) is 5.75 Å². The van der Waals surface area contributed by atoms with Crippen LogP contribution in [-0.4, -0.2) is 15.3 Å². The fourth-order valence-corrected chi connectivity index (χ4v) is 2.21. The molecular formula is C14H16O3. The van der Waals surface area contributed by atoms with Crippen LogP contribution in [0.15, 0.2) is 18.2 Å². The molecule has 3 nitrogen and oxygen atoms in total. The fraction of sp³-hybridized carbons (Fsp3) is 0.286. The smallest absolute Gasteiger partial charge is 0.161 e. The first-order valence-electron chi connectivity index (χ1n) is 5.60. The van der Waals surface area contributed by atoms with Gasteiger partial charge >= 0.3 is 0 Å². The molecule has 2 aromatic rings. The molecule has 3 heteroatoms. The Morgan fingerprint density at radius 3 is 2.12 bits per heavy atom. The van der Waals surface area contributed by atoms with Crippen LogP contribution in [0.25, 0.3) is 10.8 Å². The second-order valence-electron chi connectivity index (χ2n) is 4.69. The average molecular weight is 232 g/mol. The zero-order valence-electron chi connectivity index (χ0n) is 10.2. The first-order valence-corrected chi connectivity index (χ1v) is 5.60. The summed E-state index contributed by atoms with van der Waals surface area (Å²) in [6, 6.07) is 4.94. The topological polar surface area (TPSA) is 60.7 Å². The quantitative estimate of drug-likeness (QED) is 0.660. The van der Waals surface area contributed by atoms with E-state index in [1.165, 1.54) is 6.07 Å². The van der Waals surface area contributed by atoms with Gasteiger partial charge in [-0.25, -0.2) is 0 Å². The lowest BCUT2D eigenvalue weighted by Crippen LogP contribution is -1.92. The van der Waals surface area contributed by atoms with Gasteiger partial charge in [0, 0.05) is 10.9 Å². The molecule has 0 atom stereocenters. The van der Waals surface area contributed by atoms with Crippen molar-refractivity contribution in [2.75, 3.05) is 0 Å². The van der Waals surface area contributed by atoms with Crippen molar-refractivity contribution < 1.29 is 15.3 Å². The minimum atomic E-state index is -0.194. The second kappa shape index (κ2) is 3.84. The predicted molar refractivity (Wildman–Crippen MR) is 67.8 cm³/mol. The lowest BCUT2D eigenvalue weighted by Gasteiger charge is -2.15. The van der Waals surface area contributed by atoms with Crippen LogP contribution in [0.5, 0.6) is 17.2 Å². The molecule has 0 heterocycles. The number of hydrogen-bond donors (Lipinski definition) is 3.